The molecule has 2 N–H and O–H groups in total. The highest BCUT2D eigenvalue weighted by Crippen LogP contribution is 2.36. The first kappa shape index (κ1) is 24.6. The zero-order chi connectivity index (χ0) is 26.3. The number of methoxy groups -OCH3 is 1. The van der Waals surface area contributed by atoms with Gasteiger partial charge in [0.1, 0.15) is 40.9 Å². The van der Waals surface area contributed by atoms with E-state index in [4.69, 9.17) is 14.6 Å². The molecule has 1 atom stereocenters. The Labute approximate surface area is 213 Å². The van der Waals surface area contributed by atoms with Crippen LogP contribution in [0.5, 0.6) is 11.5 Å². The van der Waals surface area contributed by atoms with E-state index in [1.165, 1.54) is 18.1 Å². The van der Waals surface area contributed by atoms with E-state index in [1.807, 2.05) is 12.1 Å². The van der Waals surface area contributed by atoms with E-state index in [2.05, 4.69) is 9.97 Å². The topological polar surface area (TPSA) is 128 Å². The number of aromatic nitrogens is 2. The average Bonchev–Trinajstić information content (AvgIpc) is 2.84. The minimum Gasteiger partial charge on any atom is -0.612 e. The van der Waals surface area contributed by atoms with Crippen molar-refractivity contribution in [3.63, 3.8) is 0 Å². The van der Waals surface area contributed by atoms with Crippen molar-refractivity contribution in [2.45, 2.75) is 11.0 Å². The standard InChI is InChI=1S/C26H22FN3O6S/c1-35-22-11-16(27)10-20-23(22)25(31)29-24(28-20)15-5-8-21(36-17-12-30(13-17)26(32)33)19(9-15)14-3-6-18(7-4-14)37(2)34/h3-11,17H,12-13H2,1-2H3,(H,32,33)(H,28,29,31). The number of benzene rings is 3. The van der Waals surface area contributed by atoms with Crippen molar-refractivity contribution < 1.29 is 28.3 Å². The molecule has 1 aliphatic heterocycles. The number of hydrogen-bond acceptors (Lipinski definition) is 6. The quantitative estimate of drug-likeness (QED) is 0.367. The van der Waals surface area contributed by atoms with Crippen molar-refractivity contribution >= 4 is 28.2 Å². The SMILES string of the molecule is COc1cc(F)cc2nc(-c3ccc(OC4CN(C(=O)O)C4)c(-c4ccc([S+](C)[O-])cc4)c3)[nH]c(=O)c12. The van der Waals surface area contributed by atoms with E-state index in [0.29, 0.717) is 21.8 Å². The smallest absolute Gasteiger partial charge is 0.407 e. The van der Waals surface area contributed by atoms with Crippen LogP contribution < -0.4 is 15.0 Å². The number of aromatic amines is 1. The number of H-pyrrole nitrogens is 1. The number of fused-ring (bicyclic) bond motifs is 1. The Morgan fingerprint density at radius 1 is 1.14 bits per heavy atom. The highest BCUT2D eigenvalue weighted by atomic mass is 32.2. The number of amides is 1. The molecule has 9 nitrogen and oxygen atoms in total. The van der Waals surface area contributed by atoms with Gasteiger partial charge in [0.2, 0.25) is 0 Å². The van der Waals surface area contributed by atoms with Crippen molar-refractivity contribution in [1.82, 2.24) is 14.9 Å². The minimum atomic E-state index is -1.15. The van der Waals surface area contributed by atoms with E-state index in [0.717, 1.165) is 11.6 Å². The molecule has 2 heterocycles. The maximum atomic E-state index is 14.1. The first-order valence-electron chi connectivity index (χ1n) is 11.2. The van der Waals surface area contributed by atoms with Gasteiger partial charge in [-0.25, -0.2) is 14.2 Å². The van der Waals surface area contributed by atoms with E-state index in [9.17, 15) is 18.5 Å². The van der Waals surface area contributed by atoms with Crippen LogP contribution in [0.4, 0.5) is 9.18 Å². The molecule has 0 spiro atoms. The van der Waals surface area contributed by atoms with Gasteiger partial charge in [0.05, 0.1) is 25.7 Å². The summed E-state index contributed by atoms with van der Waals surface area (Å²) in [6, 6.07) is 14.6. The zero-order valence-corrected chi connectivity index (χ0v) is 20.7. The molecule has 11 heteroatoms. The lowest BCUT2D eigenvalue weighted by atomic mass is 10.0. The van der Waals surface area contributed by atoms with Gasteiger partial charge in [0, 0.05) is 23.3 Å². The monoisotopic (exact) mass is 523 g/mol. The maximum absolute atomic E-state index is 14.1. The summed E-state index contributed by atoms with van der Waals surface area (Å²) in [6.45, 7) is 0.494. The van der Waals surface area contributed by atoms with Crippen LogP contribution in [-0.2, 0) is 11.2 Å². The van der Waals surface area contributed by atoms with E-state index < -0.39 is 28.6 Å². The Kier molecular flexibility index (Phi) is 6.48. The van der Waals surface area contributed by atoms with Gasteiger partial charge in [0.15, 0.2) is 4.90 Å². The summed E-state index contributed by atoms with van der Waals surface area (Å²) in [5.41, 5.74) is 1.65. The molecule has 5 rings (SSSR count). The summed E-state index contributed by atoms with van der Waals surface area (Å²) in [7, 11) is 1.35. The number of hydrogen-bond donors (Lipinski definition) is 2. The first-order valence-corrected chi connectivity index (χ1v) is 12.8. The fraction of sp³-hybridized carbons (Fsp3) is 0.192. The molecule has 1 aromatic heterocycles. The lowest BCUT2D eigenvalue weighted by Gasteiger charge is -2.37. The number of carbonyl (C=O) groups is 1. The van der Waals surface area contributed by atoms with Crippen molar-refractivity contribution in [3.8, 4) is 34.0 Å². The molecule has 0 saturated carbocycles. The van der Waals surface area contributed by atoms with Gasteiger partial charge in [-0.15, -0.1) is 0 Å². The van der Waals surface area contributed by atoms with Crippen molar-refractivity contribution in [1.29, 1.82) is 0 Å². The van der Waals surface area contributed by atoms with Gasteiger partial charge in [-0.3, -0.25) is 4.79 Å². The van der Waals surface area contributed by atoms with Gasteiger partial charge < -0.3 is 29.0 Å². The van der Waals surface area contributed by atoms with Crippen LogP contribution in [-0.4, -0.2) is 63.2 Å². The van der Waals surface area contributed by atoms with Crippen molar-refractivity contribution in [2.24, 2.45) is 0 Å². The zero-order valence-electron chi connectivity index (χ0n) is 19.9. The molecular weight excluding hydrogens is 501 g/mol. The largest absolute Gasteiger partial charge is 0.612 e. The molecule has 4 aromatic rings. The molecule has 1 aliphatic rings. The second-order valence-corrected chi connectivity index (χ2v) is 9.91. The van der Waals surface area contributed by atoms with E-state index in [-0.39, 0.29) is 41.7 Å². The Morgan fingerprint density at radius 3 is 2.49 bits per heavy atom. The van der Waals surface area contributed by atoms with Crippen LogP contribution in [0.3, 0.4) is 0 Å². The number of ether oxygens (including phenoxy) is 2. The second kappa shape index (κ2) is 9.75. The summed E-state index contributed by atoms with van der Waals surface area (Å²) in [6.07, 6.45) is 0.282. The van der Waals surface area contributed by atoms with Crippen LogP contribution in [0.1, 0.15) is 0 Å². The Morgan fingerprint density at radius 2 is 1.84 bits per heavy atom. The summed E-state index contributed by atoms with van der Waals surface area (Å²) < 4.78 is 37.2. The molecule has 1 saturated heterocycles. The first-order chi connectivity index (χ1) is 17.7. The average molecular weight is 524 g/mol. The molecule has 3 aromatic carbocycles. The molecule has 1 amide bonds. The van der Waals surface area contributed by atoms with Crippen LogP contribution in [0.25, 0.3) is 33.4 Å². The Hall–Kier alpha value is -4.09. The minimum absolute atomic E-state index is 0.0871. The lowest BCUT2D eigenvalue weighted by molar-refractivity contribution is 0.0255. The third-order valence-corrected chi connectivity index (χ3v) is 7.06. The van der Waals surface area contributed by atoms with E-state index >= 15 is 0 Å². The summed E-state index contributed by atoms with van der Waals surface area (Å²) in [5.74, 6) is 0.246. The Balaban J connectivity index is 1.58. The summed E-state index contributed by atoms with van der Waals surface area (Å²) >= 11 is -1.15. The molecule has 0 radical (unpaired) electrons. The second-order valence-electron chi connectivity index (χ2n) is 8.53. The third-order valence-electron chi connectivity index (χ3n) is 6.12. The molecule has 0 aliphatic carbocycles. The molecule has 0 bridgehead atoms. The summed E-state index contributed by atoms with van der Waals surface area (Å²) in [5, 5.41) is 9.25. The Bertz CT molecular complexity index is 1550. The molecule has 1 unspecified atom stereocenters. The number of nitrogens with one attached hydrogen (secondary N) is 1. The van der Waals surface area contributed by atoms with Gasteiger partial charge in [-0.1, -0.05) is 0 Å². The van der Waals surface area contributed by atoms with Gasteiger partial charge in [-0.05, 0) is 59.2 Å². The predicted octanol–water partition coefficient (Wildman–Crippen LogP) is 3.88. The van der Waals surface area contributed by atoms with Crippen molar-refractivity contribution in [3.05, 3.63) is 70.8 Å². The van der Waals surface area contributed by atoms with Crippen LogP contribution >= 0.6 is 0 Å². The predicted molar refractivity (Wildman–Crippen MR) is 136 cm³/mol. The van der Waals surface area contributed by atoms with Gasteiger partial charge >= 0.3 is 6.09 Å². The van der Waals surface area contributed by atoms with Gasteiger partial charge in [0.25, 0.3) is 5.56 Å². The molecule has 190 valence electrons. The van der Waals surface area contributed by atoms with Crippen molar-refractivity contribution in [2.75, 3.05) is 26.5 Å². The van der Waals surface area contributed by atoms with Gasteiger partial charge in [-0.2, -0.15) is 0 Å². The fourth-order valence-electron chi connectivity index (χ4n) is 4.18. The number of halogens is 1. The highest BCUT2D eigenvalue weighted by molar-refractivity contribution is 7.90. The molecule has 1 fully saturated rings. The maximum Gasteiger partial charge on any atom is 0.407 e. The number of likely N-dealkylation sites (tertiary alicyclic amines) is 1. The fourth-order valence-corrected chi connectivity index (χ4v) is 4.70. The third kappa shape index (κ3) is 4.83. The van der Waals surface area contributed by atoms with Crippen LogP contribution in [0.2, 0.25) is 0 Å². The summed E-state index contributed by atoms with van der Waals surface area (Å²) in [4.78, 5) is 33.1. The number of rotatable bonds is 6. The number of nitrogens with zero attached hydrogens (tertiary/aromatic N) is 2. The normalized spacial score (nSPS) is 14.3. The van der Waals surface area contributed by atoms with E-state index in [1.54, 1.807) is 36.6 Å². The molecular formula is C26H22FN3O6S. The van der Waals surface area contributed by atoms with Crippen LogP contribution in [0, 0.1) is 5.82 Å². The number of carboxylic acid groups (broad SMARTS) is 1. The molecule has 37 heavy (non-hydrogen) atoms. The highest BCUT2D eigenvalue weighted by Gasteiger charge is 2.32. The lowest BCUT2D eigenvalue weighted by Crippen LogP contribution is -2.55. The van der Waals surface area contributed by atoms with Crippen LogP contribution in [0.15, 0.2) is 64.3 Å².